The standard InChI is InChI=1S/C10H13N3O3/c1-13-9(15)3-2-8(12-13)10(16)11-6-4-7(14)5-6/h2-3,6-7,14H,4-5H2,1H3,(H,11,16). The second-order valence-corrected chi connectivity index (χ2v) is 3.98. The van der Waals surface area contributed by atoms with Crippen LogP contribution in [0.2, 0.25) is 0 Å². The summed E-state index contributed by atoms with van der Waals surface area (Å²) >= 11 is 0. The molecule has 0 spiro atoms. The summed E-state index contributed by atoms with van der Waals surface area (Å²) in [6, 6.07) is 2.71. The Balaban J connectivity index is 2.03. The first-order valence-corrected chi connectivity index (χ1v) is 5.09. The molecule has 0 unspecified atom stereocenters. The van der Waals surface area contributed by atoms with Gasteiger partial charge < -0.3 is 10.4 Å². The number of aryl methyl sites for hydroxylation is 1. The predicted molar refractivity (Wildman–Crippen MR) is 56.0 cm³/mol. The number of hydrogen-bond acceptors (Lipinski definition) is 4. The Kier molecular flexibility index (Phi) is 2.74. The van der Waals surface area contributed by atoms with Crippen LogP contribution in [0.25, 0.3) is 0 Å². The number of amides is 1. The first-order chi connectivity index (χ1) is 7.56. The fourth-order valence-electron chi connectivity index (χ4n) is 1.59. The lowest BCUT2D eigenvalue weighted by molar-refractivity contribution is 0.0559. The van der Waals surface area contributed by atoms with E-state index >= 15 is 0 Å². The highest BCUT2D eigenvalue weighted by Crippen LogP contribution is 2.19. The molecule has 1 saturated carbocycles. The summed E-state index contributed by atoms with van der Waals surface area (Å²) in [5.41, 5.74) is -0.0425. The molecule has 0 aliphatic heterocycles. The lowest BCUT2D eigenvalue weighted by Crippen LogP contribution is -2.47. The Labute approximate surface area is 91.9 Å². The highest BCUT2D eigenvalue weighted by atomic mass is 16.3. The SMILES string of the molecule is Cn1nc(C(=O)NC2CC(O)C2)ccc1=O. The molecule has 16 heavy (non-hydrogen) atoms. The van der Waals surface area contributed by atoms with Crippen molar-refractivity contribution in [2.45, 2.75) is 25.0 Å². The summed E-state index contributed by atoms with van der Waals surface area (Å²) in [4.78, 5) is 22.7. The third-order valence-corrected chi connectivity index (χ3v) is 2.64. The van der Waals surface area contributed by atoms with Crippen LogP contribution in [0.1, 0.15) is 23.3 Å². The van der Waals surface area contributed by atoms with Gasteiger partial charge >= 0.3 is 0 Å². The summed E-state index contributed by atoms with van der Waals surface area (Å²) in [7, 11) is 1.49. The molecule has 0 radical (unpaired) electrons. The van der Waals surface area contributed by atoms with Crippen molar-refractivity contribution in [2.75, 3.05) is 0 Å². The van der Waals surface area contributed by atoms with Crippen molar-refractivity contribution in [3.8, 4) is 0 Å². The number of nitrogens with one attached hydrogen (secondary N) is 1. The van der Waals surface area contributed by atoms with Crippen molar-refractivity contribution < 1.29 is 9.90 Å². The molecule has 86 valence electrons. The van der Waals surface area contributed by atoms with Crippen LogP contribution in [0, 0.1) is 0 Å². The van der Waals surface area contributed by atoms with Gasteiger partial charge in [0.05, 0.1) is 6.10 Å². The van der Waals surface area contributed by atoms with Crippen LogP contribution in [0.3, 0.4) is 0 Å². The Morgan fingerprint density at radius 1 is 1.56 bits per heavy atom. The number of nitrogens with zero attached hydrogens (tertiary/aromatic N) is 2. The van der Waals surface area contributed by atoms with E-state index in [2.05, 4.69) is 10.4 Å². The molecule has 6 nitrogen and oxygen atoms in total. The number of hydrogen-bond donors (Lipinski definition) is 2. The zero-order valence-electron chi connectivity index (χ0n) is 8.88. The van der Waals surface area contributed by atoms with Gasteiger partial charge in [0, 0.05) is 19.2 Å². The van der Waals surface area contributed by atoms with Gasteiger partial charge in [0.25, 0.3) is 11.5 Å². The smallest absolute Gasteiger partial charge is 0.271 e. The fourth-order valence-corrected chi connectivity index (χ4v) is 1.59. The molecular weight excluding hydrogens is 210 g/mol. The van der Waals surface area contributed by atoms with Gasteiger partial charge in [-0.05, 0) is 18.9 Å². The van der Waals surface area contributed by atoms with Crippen LogP contribution >= 0.6 is 0 Å². The molecular formula is C10H13N3O3. The van der Waals surface area contributed by atoms with Gasteiger partial charge in [0.1, 0.15) is 5.69 Å². The fraction of sp³-hybridized carbons (Fsp3) is 0.500. The Morgan fingerprint density at radius 2 is 2.25 bits per heavy atom. The molecule has 6 heteroatoms. The van der Waals surface area contributed by atoms with E-state index in [0.717, 1.165) is 4.68 Å². The minimum Gasteiger partial charge on any atom is -0.393 e. The molecule has 0 bridgehead atoms. The van der Waals surface area contributed by atoms with E-state index in [-0.39, 0.29) is 29.3 Å². The monoisotopic (exact) mass is 223 g/mol. The molecule has 0 saturated heterocycles. The van der Waals surface area contributed by atoms with E-state index in [4.69, 9.17) is 5.11 Å². The molecule has 2 N–H and O–H groups in total. The number of aliphatic hydroxyl groups excluding tert-OH is 1. The maximum Gasteiger partial charge on any atom is 0.271 e. The average Bonchev–Trinajstić information content (AvgIpc) is 2.19. The van der Waals surface area contributed by atoms with Crippen LogP contribution in [0.5, 0.6) is 0 Å². The first-order valence-electron chi connectivity index (χ1n) is 5.09. The summed E-state index contributed by atoms with van der Waals surface area (Å²) < 4.78 is 1.12. The van der Waals surface area contributed by atoms with Crippen molar-refractivity contribution in [1.29, 1.82) is 0 Å². The van der Waals surface area contributed by atoms with Crippen LogP contribution < -0.4 is 10.9 Å². The Bertz CT molecular complexity index is 463. The zero-order chi connectivity index (χ0) is 11.7. The molecule has 1 aromatic heterocycles. The molecule has 0 aromatic carbocycles. The zero-order valence-corrected chi connectivity index (χ0v) is 8.88. The molecule has 0 atom stereocenters. The van der Waals surface area contributed by atoms with E-state index in [9.17, 15) is 9.59 Å². The van der Waals surface area contributed by atoms with E-state index in [1.54, 1.807) is 0 Å². The normalized spacial score (nSPS) is 23.6. The molecule has 2 rings (SSSR count). The lowest BCUT2D eigenvalue weighted by Gasteiger charge is -2.31. The average molecular weight is 223 g/mol. The topological polar surface area (TPSA) is 84.2 Å². The number of carbonyl (C=O) groups excluding carboxylic acids is 1. The van der Waals surface area contributed by atoms with Crippen LogP contribution in [-0.2, 0) is 7.05 Å². The third kappa shape index (κ3) is 2.11. The van der Waals surface area contributed by atoms with E-state index in [1.807, 2.05) is 0 Å². The van der Waals surface area contributed by atoms with Gasteiger partial charge in [-0.15, -0.1) is 0 Å². The Morgan fingerprint density at radius 3 is 2.81 bits per heavy atom. The quantitative estimate of drug-likeness (QED) is 0.676. The number of rotatable bonds is 2. The molecule has 1 aliphatic carbocycles. The molecule has 1 fully saturated rings. The lowest BCUT2D eigenvalue weighted by atomic mass is 9.89. The third-order valence-electron chi connectivity index (χ3n) is 2.64. The van der Waals surface area contributed by atoms with Crippen LogP contribution in [0.4, 0.5) is 0 Å². The maximum absolute atomic E-state index is 11.6. The second-order valence-electron chi connectivity index (χ2n) is 3.98. The molecule has 1 aromatic rings. The van der Waals surface area contributed by atoms with Gasteiger partial charge in [-0.2, -0.15) is 5.10 Å². The van der Waals surface area contributed by atoms with Crippen LogP contribution in [-0.4, -0.2) is 32.9 Å². The number of carbonyl (C=O) groups is 1. The molecule has 1 amide bonds. The maximum atomic E-state index is 11.6. The van der Waals surface area contributed by atoms with Crippen molar-refractivity contribution in [2.24, 2.45) is 7.05 Å². The summed E-state index contributed by atoms with van der Waals surface area (Å²) in [5, 5.41) is 15.6. The predicted octanol–water partition coefficient (Wildman–Crippen LogP) is -0.967. The van der Waals surface area contributed by atoms with Gasteiger partial charge in [-0.1, -0.05) is 0 Å². The van der Waals surface area contributed by atoms with Crippen LogP contribution in [0.15, 0.2) is 16.9 Å². The van der Waals surface area contributed by atoms with Crippen molar-refractivity contribution >= 4 is 5.91 Å². The minimum atomic E-state index is -0.312. The van der Waals surface area contributed by atoms with E-state index < -0.39 is 0 Å². The van der Waals surface area contributed by atoms with Gasteiger partial charge in [-0.3, -0.25) is 9.59 Å². The first kappa shape index (κ1) is 10.8. The second kappa shape index (κ2) is 4.05. The van der Waals surface area contributed by atoms with Crippen molar-refractivity contribution in [3.05, 3.63) is 28.2 Å². The summed E-state index contributed by atoms with van der Waals surface area (Å²) in [5.74, 6) is -0.312. The van der Waals surface area contributed by atoms with Crippen molar-refractivity contribution in [3.63, 3.8) is 0 Å². The van der Waals surface area contributed by atoms with E-state index in [0.29, 0.717) is 12.8 Å². The van der Waals surface area contributed by atoms with E-state index in [1.165, 1.54) is 19.2 Å². The Hall–Kier alpha value is -1.69. The largest absolute Gasteiger partial charge is 0.393 e. The highest BCUT2D eigenvalue weighted by Gasteiger charge is 2.28. The van der Waals surface area contributed by atoms with Crippen molar-refractivity contribution in [1.82, 2.24) is 15.1 Å². The minimum absolute atomic E-state index is 0.0153. The van der Waals surface area contributed by atoms with Gasteiger partial charge in [-0.25, -0.2) is 4.68 Å². The molecule has 1 heterocycles. The summed E-state index contributed by atoms with van der Waals surface area (Å²) in [6.45, 7) is 0. The molecule has 1 aliphatic rings. The number of aliphatic hydroxyl groups is 1. The van der Waals surface area contributed by atoms with Gasteiger partial charge in [0.2, 0.25) is 0 Å². The summed E-state index contributed by atoms with van der Waals surface area (Å²) in [6.07, 6.45) is 0.855. The van der Waals surface area contributed by atoms with Gasteiger partial charge in [0.15, 0.2) is 0 Å². The highest BCUT2D eigenvalue weighted by molar-refractivity contribution is 5.92. The number of aromatic nitrogens is 2.